The zero-order valence-corrected chi connectivity index (χ0v) is 20.8. The minimum absolute atomic E-state index is 0.0802. The molecule has 3 aromatic rings. The molecule has 0 aliphatic carbocycles. The van der Waals surface area contributed by atoms with Crippen molar-refractivity contribution in [3.8, 4) is 0 Å². The second kappa shape index (κ2) is 11.5. The van der Waals surface area contributed by atoms with E-state index < -0.39 is 5.97 Å². The van der Waals surface area contributed by atoms with Crippen LogP contribution in [0.1, 0.15) is 37.7 Å². The largest absolute Gasteiger partial charge is 0.481 e. The molecule has 3 aromatic carbocycles. The van der Waals surface area contributed by atoms with Crippen LogP contribution in [-0.2, 0) is 14.4 Å². The summed E-state index contributed by atoms with van der Waals surface area (Å²) in [6.45, 7) is 0.655. The third-order valence-corrected chi connectivity index (χ3v) is 7.29. The lowest BCUT2D eigenvalue weighted by molar-refractivity contribution is -0.137. The molecule has 0 radical (unpaired) electrons. The van der Waals surface area contributed by atoms with E-state index in [2.05, 4.69) is 35.6 Å². The van der Waals surface area contributed by atoms with E-state index >= 15 is 0 Å². The summed E-state index contributed by atoms with van der Waals surface area (Å²) in [7, 11) is 0. The van der Waals surface area contributed by atoms with Gasteiger partial charge in [0.2, 0.25) is 5.91 Å². The number of amides is 2. The number of aliphatic carboxylic acids is 1. The fourth-order valence-electron chi connectivity index (χ4n) is 4.16. The number of thiocarbonyl (C=S) groups is 1. The Labute approximate surface area is 213 Å². The Balaban J connectivity index is 1.39. The number of nitrogens with one attached hydrogen (secondary N) is 1. The smallest absolute Gasteiger partial charge is 0.305 e. The van der Waals surface area contributed by atoms with Gasteiger partial charge in [0, 0.05) is 19.5 Å². The van der Waals surface area contributed by atoms with Gasteiger partial charge in [0.1, 0.15) is 4.32 Å². The third-order valence-electron chi connectivity index (χ3n) is 5.91. The van der Waals surface area contributed by atoms with Gasteiger partial charge >= 0.3 is 5.97 Å². The third kappa shape index (κ3) is 6.07. The Bertz CT molecular complexity index is 1280. The summed E-state index contributed by atoms with van der Waals surface area (Å²) in [5, 5.41) is 15.7. The van der Waals surface area contributed by atoms with Crippen molar-refractivity contribution in [2.45, 2.75) is 32.1 Å². The van der Waals surface area contributed by atoms with Crippen molar-refractivity contribution in [1.82, 2.24) is 10.2 Å². The van der Waals surface area contributed by atoms with Gasteiger partial charge in [-0.3, -0.25) is 19.3 Å². The number of carbonyl (C=O) groups excluding carboxylic acids is 2. The number of rotatable bonds is 10. The van der Waals surface area contributed by atoms with Crippen LogP contribution in [0.4, 0.5) is 0 Å². The quantitative estimate of drug-likeness (QED) is 0.167. The molecular formula is C27H26N2O4S2. The number of carbonyl (C=O) groups is 3. The summed E-state index contributed by atoms with van der Waals surface area (Å²) in [5.74, 6) is -1.16. The molecule has 1 saturated heterocycles. The summed E-state index contributed by atoms with van der Waals surface area (Å²) in [6.07, 6.45) is 4.40. The van der Waals surface area contributed by atoms with Gasteiger partial charge in [-0.05, 0) is 52.1 Å². The second-order valence-electron chi connectivity index (χ2n) is 8.37. The van der Waals surface area contributed by atoms with Gasteiger partial charge in [-0.25, -0.2) is 0 Å². The van der Waals surface area contributed by atoms with Crippen LogP contribution in [0.5, 0.6) is 0 Å². The number of thioether (sulfide) groups is 1. The van der Waals surface area contributed by atoms with E-state index in [1.54, 1.807) is 4.90 Å². The molecule has 180 valence electrons. The van der Waals surface area contributed by atoms with Crippen LogP contribution in [-0.4, -0.2) is 45.2 Å². The first-order valence-corrected chi connectivity index (χ1v) is 12.8. The monoisotopic (exact) mass is 506 g/mol. The van der Waals surface area contributed by atoms with Crippen LogP contribution in [0.3, 0.4) is 0 Å². The highest BCUT2D eigenvalue weighted by molar-refractivity contribution is 8.26. The predicted molar refractivity (Wildman–Crippen MR) is 145 cm³/mol. The maximum absolute atomic E-state index is 13.2. The first-order valence-electron chi connectivity index (χ1n) is 11.6. The zero-order chi connectivity index (χ0) is 24.8. The van der Waals surface area contributed by atoms with Gasteiger partial charge in [0.05, 0.1) is 11.3 Å². The topological polar surface area (TPSA) is 86.7 Å². The number of hydrogen-bond donors (Lipinski definition) is 2. The average molecular weight is 507 g/mol. The van der Waals surface area contributed by atoms with Crippen LogP contribution >= 0.6 is 24.0 Å². The van der Waals surface area contributed by atoms with Crippen LogP contribution in [0.15, 0.2) is 59.5 Å². The molecule has 2 amide bonds. The van der Waals surface area contributed by atoms with Crippen molar-refractivity contribution in [2.75, 3.05) is 13.1 Å². The maximum atomic E-state index is 13.2. The fraction of sp³-hybridized carbons (Fsp3) is 0.259. The predicted octanol–water partition coefficient (Wildman–Crippen LogP) is 5.35. The summed E-state index contributed by atoms with van der Waals surface area (Å²) < 4.78 is 0.553. The minimum atomic E-state index is -0.934. The lowest BCUT2D eigenvalue weighted by Crippen LogP contribution is -2.29. The molecule has 0 aromatic heterocycles. The molecule has 2 N–H and O–H groups in total. The van der Waals surface area contributed by atoms with Gasteiger partial charge in [-0.2, -0.15) is 0 Å². The molecule has 4 rings (SSSR count). The van der Waals surface area contributed by atoms with E-state index in [9.17, 15) is 14.4 Å². The second-order valence-corrected chi connectivity index (χ2v) is 10.0. The first kappa shape index (κ1) is 24.9. The van der Waals surface area contributed by atoms with E-state index in [1.807, 2.05) is 30.3 Å². The number of nitrogens with zero attached hydrogens (tertiary/aromatic N) is 1. The normalized spacial score (nSPS) is 14.9. The van der Waals surface area contributed by atoms with E-state index in [4.69, 9.17) is 17.3 Å². The molecule has 35 heavy (non-hydrogen) atoms. The van der Waals surface area contributed by atoms with Crippen LogP contribution in [0, 0.1) is 0 Å². The number of carboxylic acid groups (broad SMARTS) is 1. The zero-order valence-electron chi connectivity index (χ0n) is 19.2. The van der Waals surface area contributed by atoms with Crippen molar-refractivity contribution in [1.29, 1.82) is 0 Å². The molecule has 1 heterocycles. The Hall–Kier alpha value is -3.23. The van der Waals surface area contributed by atoms with Crippen molar-refractivity contribution in [3.05, 3.63) is 65.1 Å². The van der Waals surface area contributed by atoms with Crippen molar-refractivity contribution in [2.24, 2.45) is 0 Å². The van der Waals surface area contributed by atoms with Crippen LogP contribution in [0.25, 0.3) is 27.6 Å². The van der Waals surface area contributed by atoms with Crippen molar-refractivity contribution in [3.63, 3.8) is 0 Å². The Morgan fingerprint density at radius 2 is 1.63 bits per heavy atom. The van der Waals surface area contributed by atoms with Gasteiger partial charge in [0.25, 0.3) is 5.91 Å². The molecule has 1 aliphatic heterocycles. The maximum Gasteiger partial charge on any atom is 0.305 e. The highest BCUT2D eigenvalue weighted by atomic mass is 32.2. The highest BCUT2D eigenvalue weighted by Crippen LogP contribution is 2.36. The molecule has 0 spiro atoms. The number of unbranched alkanes of at least 4 members (excludes halogenated alkanes) is 2. The molecule has 0 saturated carbocycles. The molecule has 8 heteroatoms. The van der Waals surface area contributed by atoms with E-state index in [0.717, 1.165) is 39.9 Å². The fourth-order valence-corrected chi connectivity index (χ4v) is 5.45. The van der Waals surface area contributed by atoms with Crippen LogP contribution < -0.4 is 5.32 Å². The SMILES string of the molecule is O=C(O)CCNC(=O)CCCCCN1C(=O)/C(=C/c2c3ccccc3cc3ccccc23)SC1=S. The molecule has 0 atom stereocenters. The van der Waals surface area contributed by atoms with Crippen LogP contribution in [0.2, 0.25) is 0 Å². The Morgan fingerprint density at radius 3 is 2.29 bits per heavy atom. The van der Waals surface area contributed by atoms with E-state index in [0.29, 0.717) is 28.6 Å². The number of benzene rings is 3. The molecule has 6 nitrogen and oxygen atoms in total. The summed E-state index contributed by atoms with van der Waals surface area (Å²) >= 11 is 6.84. The minimum Gasteiger partial charge on any atom is -0.481 e. The van der Waals surface area contributed by atoms with Gasteiger partial charge < -0.3 is 10.4 Å². The van der Waals surface area contributed by atoms with Crippen molar-refractivity contribution >= 4 is 73.7 Å². The standard InChI is InChI=1S/C27H26N2O4S2/c30-24(28-14-13-25(31)32)12-2-1-7-15-29-26(33)23(35-27(29)34)17-22-20-10-5-3-8-18(20)16-19-9-4-6-11-21(19)22/h3-6,8-11,16-17H,1-2,7,12-15H2,(H,28,30)(H,31,32)/b23-17-. The van der Waals surface area contributed by atoms with Gasteiger partial charge in [-0.1, -0.05) is 78.9 Å². The Kier molecular flexibility index (Phi) is 8.15. The van der Waals surface area contributed by atoms with E-state index in [1.165, 1.54) is 11.8 Å². The molecule has 0 unspecified atom stereocenters. The lowest BCUT2D eigenvalue weighted by Gasteiger charge is -2.14. The molecule has 0 bridgehead atoms. The number of hydrogen-bond acceptors (Lipinski definition) is 5. The summed E-state index contributed by atoms with van der Waals surface area (Å²) in [6, 6.07) is 18.5. The lowest BCUT2D eigenvalue weighted by atomic mass is 9.96. The van der Waals surface area contributed by atoms with Gasteiger partial charge in [0.15, 0.2) is 0 Å². The number of carboxylic acids is 1. The highest BCUT2D eigenvalue weighted by Gasteiger charge is 2.31. The summed E-state index contributed by atoms with van der Waals surface area (Å²) in [5.41, 5.74) is 1.02. The molecular weight excluding hydrogens is 480 g/mol. The summed E-state index contributed by atoms with van der Waals surface area (Å²) in [4.78, 5) is 37.7. The average Bonchev–Trinajstić information content (AvgIpc) is 3.10. The van der Waals surface area contributed by atoms with E-state index in [-0.39, 0.29) is 24.8 Å². The molecule has 1 fully saturated rings. The van der Waals surface area contributed by atoms with Gasteiger partial charge in [-0.15, -0.1) is 0 Å². The number of fused-ring (bicyclic) bond motifs is 2. The Morgan fingerprint density at radius 1 is 0.971 bits per heavy atom. The molecule has 1 aliphatic rings. The first-order chi connectivity index (χ1) is 16.9. The van der Waals surface area contributed by atoms with Crippen molar-refractivity contribution < 1.29 is 19.5 Å².